The number of nitrogens with zero attached hydrogens (tertiary/aromatic N) is 3. The largest absolute Gasteiger partial charge is 0.291 e. The van der Waals surface area contributed by atoms with Gasteiger partial charge >= 0.3 is 0 Å². The summed E-state index contributed by atoms with van der Waals surface area (Å²) in [6, 6.07) is 12.9. The van der Waals surface area contributed by atoms with Gasteiger partial charge in [0.05, 0.1) is 0 Å². The Morgan fingerprint density at radius 1 is 1.14 bits per heavy atom. The Bertz CT molecular complexity index is 912. The Hall–Kier alpha value is -2.60. The Kier molecular flexibility index (Phi) is 2.97. The van der Waals surface area contributed by atoms with Gasteiger partial charge in [-0.15, -0.1) is 0 Å². The molecule has 3 nitrogen and oxygen atoms in total. The monoisotopic (exact) mass is 287 g/mol. The number of hydrogen-bond acceptors (Lipinski definition) is 2. The van der Waals surface area contributed by atoms with Crippen molar-refractivity contribution in [3.8, 4) is 17.3 Å². The summed E-state index contributed by atoms with van der Waals surface area (Å²) in [5, 5.41) is 9.59. The first-order valence-electron chi connectivity index (χ1n) is 7.78. The normalized spacial score (nSPS) is 13.8. The second-order valence-corrected chi connectivity index (χ2v) is 6.00. The first-order valence-corrected chi connectivity index (χ1v) is 7.78. The van der Waals surface area contributed by atoms with Crippen molar-refractivity contribution in [2.24, 2.45) is 0 Å². The molecule has 3 heteroatoms. The van der Waals surface area contributed by atoms with Gasteiger partial charge in [-0.05, 0) is 61.4 Å². The summed E-state index contributed by atoms with van der Waals surface area (Å²) in [6.07, 6.45) is 6.76. The van der Waals surface area contributed by atoms with Crippen LogP contribution >= 0.6 is 0 Å². The van der Waals surface area contributed by atoms with E-state index in [0.29, 0.717) is 5.69 Å². The lowest BCUT2D eigenvalue weighted by Gasteiger charge is -2.16. The number of aryl methyl sites for hydroxylation is 3. The summed E-state index contributed by atoms with van der Waals surface area (Å²) in [6.45, 7) is 2.03. The molecule has 0 unspecified atom stereocenters. The number of imidazole rings is 1. The van der Waals surface area contributed by atoms with E-state index in [1.54, 1.807) is 0 Å². The van der Waals surface area contributed by atoms with E-state index >= 15 is 0 Å². The van der Waals surface area contributed by atoms with Crippen LogP contribution in [0.4, 0.5) is 0 Å². The smallest absolute Gasteiger partial charge is 0.152 e. The molecule has 22 heavy (non-hydrogen) atoms. The van der Waals surface area contributed by atoms with Gasteiger partial charge in [0.15, 0.2) is 5.69 Å². The highest BCUT2D eigenvalue weighted by atomic mass is 15.0. The minimum atomic E-state index is 0.620. The van der Waals surface area contributed by atoms with Crippen LogP contribution in [0.3, 0.4) is 0 Å². The third-order valence-electron chi connectivity index (χ3n) is 4.57. The number of rotatable bonds is 1. The van der Waals surface area contributed by atoms with Crippen molar-refractivity contribution in [1.82, 2.24) is 9.38 Å². The van der Waals surface area contributed by atoms with Crippen LogP contribution in [0.2, 0.25) is 0 Å². The summed E-state index contributed by atoms with van der Waals surface area (Å²) in [7, 11) is 0. The van der Waals surface area contributed by atoms with Crippen LogP contribution in [0.15, 0.2) is 36.5 Å². The SMILES string of the molecule is Cc1cccn2c(C#N)c(-c3ccc4c(c3)CCCC4)nc12. The molecule has 0 bridgehead atoms. The molecule has 2 heterocycles. The maximum atomic E-state index is 9.59. The van der Waals surface area contributed by atoms with Crippen molar-refractivity contribution in [3.63, 3.8) is 0 Å². The summed E-state index contributed by atoms with van der Waals surface area (Å²) < 4.78 is 1.89. The molecular formula is C19H17N3. The molecule has 0 saturated heterocycles. The summed E-state index contributed by atoms with van der Waals surface area (Å²) in [4.78, 5) is 4.74. The third kappa shape index (κ3) is 1.92. The number of hydrogen-bond donors (Lipinski definition) is 0. The molecule has 2 aromatic heterocycles. The molecule has 1 aromatic carbocycles. The second kappa shape index (κ2) is 4.99. The molecule has 0 saturated carbocycles. The topological polar surface area (TPSA) is 41.1 Å². The van der Waals surface area contributed by atoms with Crippen LogP contribution < -0.4 is 0 Å². The summed E-state index contributed by atoms with van der Waals surface area (Å²) in [5.41, 5.74) is 7.30. The summed E-state index contributed by atoms with van der Waals surface area (Å²) >= 11 is 0. The fourth-order valence-electron chi connectivity index (χ4n) is 3.39. The molecule has 4 rings (SSSR count). The molecule has 0 atom stereocenters. The Labute approximate surface area is 129 Å². The quantitative estimate of drug-likeness (QED) is 0.677. The molecule has 0 amide bonds. The maximum absolute atomic E-state index is 9.59. The first-order chi connectivity index (χ1) is 10.8. The fraction of sp³-hybridized carbons (Fsp3) is 0.263. The second-order valence-electron chi connectivity index (χ2n) is 6.00. The molecule has 0 N–H and O–H groups in total. The van der Waals surface area contributed by atoms with Crippen molar-refractivity contribution in [2.75, 3.05) is 0 Å². The van der Waals surface area contributed by atoms with Gasteiger partial charge in [-0.25, -0.2) is 4.98 Å². The number of benzene rings is 1. The molecule has 3 aromatic rings. The Morgan fingerprint density at radius 2 is 1.95 bits per heavy atom. The molecule has 0 radical (unpaired) electrons. The van der Waals surface area contributed by atoms with Gasteiger partial charge in [-0.2, -0.15) is 5.26 Å². The van der Waals surface area contributed by atoms with E-state index in [4.69, 9.17) is 4.98 Å². The highest BCUT2D eigenvalue weighted by Gasteiger charge is 2.17. The molecular weight excluding hydrogens is 270 g/mol. The molecule has 0 aliphatic heterocycles. The number of aromatic nitrogens is 2. The average molecular weight is 287 g/mol. The molecule has 1 aliphatic rings. The van der Waals surface area contributed by atoms with E-state index in [9.17, 15) is 5.26 Å². The van der Waals surface area contributed by atoms with Crippen molar-refractivity contribution >= 4 is 5.65 Å². The van der Waals surface area contributed by atoms with Crippen molar-refractivity contribution in [2.45, 2.75) is 32.6 Å². The predicted octanol–water partition coefficient (Wildman–Crippen LogP) is 4.06. The van der Waals surface area contributed by atoms with Crippen LogP contribution in [-0.2, 0) is 12.8 Å². The maximum Gasteiger partial charge on any atom is 0.152 e. The number of fused-ring (bicyclic) bond motifs is 2. The third-order valence-corrected chi connectivity index (χ3v) is 4.57. The number of pyridine rings is 1. The van der Waals surface area contributed by atoms with Crippen LogP contribution in [-0.4, -0.2) is 9.38 Å². The van der Waals surface area contributed by atoms with E-state index in [0.717, 1.165) is 28.9 Å². The van der Waals surface area contributed by atoms with Gasteiger partial charge in [0.25, 0.3) is 0 Å². The molecule has 0 fully saturated rings. The first kappa shape index (κ1) is 13.1. The van der Waals surface area contributed by atoms with Crippen LogP contribution in [0.25, 0.3) is 16.9 Å². The Balaban J connectivity index is 1.94. The van der Waals surface area contributed by atoms with E-state index in [1.165, 1.54) is 30.4 Å². The van der Waals surface area contributed by atoms with Gasteiger partial charge in [0.2, 0.25) is 0 Å². The minimum absolute atomic E-state index is 0.620. The van der Waals surface area contributed by atoms with Crippen LogP contribution in [0.5, 0.6) is 0 Å². The van der Waals surface area contributed by atoms with E-state index < -0.39 is 0 Å². The zero-order valence-corrected chi connectivity index (χ0v) is 12.6. The van der Waals surface area contributed by atoms with Crippen LogP contribution in [0.1, 0.15) is 35.2 Å². The number of nitriles is 1. The van der Waals surface area contributed by atoms with Gasteiger partial charge in [-0.3, -0.25) is 4.40 Å². The lowest BCUT2D eigenvalue weighted by Crippen LogP contribution is -2.02. The zero-order valence-electron chi connectivity index (χ0n) is 12.6. The van der Waals surface area contributed by atoms with Crippen molar-refractivity contribution < 1.29 is 0 Å². The molecule has 1 aliphatic carbocycles. The highest BCUT2D eigenvalue weighted by molar-refractivity contribution is 5.71. The van der Waals surface area contributed by atoms with E-state index in [1.807, 2.05) is 29.7 Å². The average Bonchev–Trinajstić information content (AvgIpc) is 2.94. The lowest BCUT2D eigenvalue weighted by atomic mass is 9.90. The van der Waals surface area contributed by atoms with Crippen molar-refractivity contribution in [3.05, 3.63) is 58.9 Å². The molecule has 0 spiro atoms. The summed E-state index contributed by atoms with van der Waals surface area (Å²) in [5.74, 6) is 0. The highest BCUT2D eigenvalue weighted by Crippen LogP contribution is 2.29. The molecule has 108 valence electrons. The zero-order chi connectivity index (χ0) is 15.1. The predicted molar refractivity (Wildman–Crippen MR) is 86.7 cm³/mol. The van der Waals surface area contributed by atoms with Gasteiger partial charge in [-0.1, -0.05) is 18.2 Å². The van der Waals surface area contributed by atoms with E-state index in [2.05, 4.69) is 24.3 Å². The van der Waals surface area contributed by atoms with Crippen molar-refractivity contribution in [1.29, 1.82) is 5.26 Å². The Morgan fingerprint density at radius 3 is 2.77 bits per heavy atom. The minimum Gasteiger partial charge on any atom is -0.291 e. The van der Waals surface area contributed by atoms with Gasteiger partial charge in [0.1, 0.15) is 17.4 Å². The standard InChI is InChI=1S/C19H17N3/c1-13-5-4-10-22-17(12-20)18(21-19(13)22)16-9-8-14-6-2-3-7-15(14)11-16/h4-5,8-11H,2-3,6-7H2,1H3. The van der Waals surface area contributed by atoms with Crippen LogP contribution in [0, 0.1) is 18.3 Å². The van der Waals surface area contributed by atoms with Gasteiger partial charge in [0, 0.05) is 11.8 Å². The lowest BCUT2D eigenvalue weighted by molar-refractivity contribution is 0.686. The van der Waals surface area contributed by atoms with Gasteiger partial charge < -0.3 is 0 Å². The van der Waals surface area contributed by atoms with E-state index in [-0.39, 0.29) is 0 Å². The fourth-order valence-corrected chi connectivity index (χ4v) is 3.39.